The van der Waals surface area contributed by atoms with E-state index in [1.807, 2.05) is 30.3 Å². The number of hydrogen-bond acceptors (Lipinski definition) is 5. The number of rotatable bonds is 6. The van der Waals surface area contributed by atoms with Crippen LogP contribution in [0.1, 0.15) is 18.1 Å². The van der Waals surface area contributed by atoms with Crippen molar-refractivity contribution < 1.29 is 9.47 Å². The molecule has 0 aliphatic heterocycles. The van der Waals surface area contributed by atoms with Crippen LogP contribution in [-0.4, -0.2) is 12.1 Å². The number of nitrogen functional groups attached to an aromatic ring is 1. The average molecular weight is 273 g/mol. The maximum atomic E-state index is 5.79. The Balaban J connectivity index is 2.10. The summed E-state index contributed by atoms with van der Waals surface area (Å²) in [6, 6.07) is 9.69. The smallest absolute Gasteiger partial charge is 0.161 e. The van der Waals surface area contributed by atoms with Crippen molar-refractivity contribution in [3.8, 4) is 11.5 Å². The Morgan fingerprint density at radius 1 is 1.15 bits per heavy atom. The number of ether oxygens (including phenoxy) is 2. The zero-order valence-corrected chi connectivity index (χ0v) is 11.7. The van der Waals surface area contributed by atoms with Gasteiger partial charge in [0.2, 0.25) is 0 Å². The van der Waals surface area contributed by atoms with Gasteiger partial charge in [0.25, 0.3) is 0 Å². The number of pyridine rings is 1. The highest BCUT2D eigenvalue weighted by atomic mass is 16.5. The van der Waals surface area contributed by atoms with Gasteiger partial charge in [-0.2, -0.15) is 0 Å². The summed E-state index contributed by atoms with van der Waals surface area (Å²) in [4.78, 5) is 4.05. The SMILES string of the molecule is CCc1ccc(OCc2ccnc(NN)c2)c(OC)c1. The predicted molar refractivity (Wildman–Crippen MR) is 78.8 cm³/mol. The molecule has 0 aliphatic carbocycles. The molecular weight excluding hydrogens is 254 g/mol. The molecule has 0 saturated heterocycles. The number of anilines is 1. The summed E-state index contributed by atoms with van der Waals surface area (Å²) < 4.78 is 11.1. The first-order valence-electron chi connectivity index (χ1n) is 6.48. The van der Waals surface area contributed by atoms with Gasteiger partial charge in [-0.1, -0.05) is 13.0 Å². The molecule has 0 fully saturated rings. The van der Waals surface area contributed by atoms with Crippen LogP contribution in [0.3, 0.4) is 0 Å². The third-order valence-electron chi connectivity index (χ3n) is 3.00. The second-order valence-electron chi connectivity index (χ2n) is 4.32. The lowest BCUT2D eigenvalue weighted by Crippen LogP contribution is -2.09. The van der Waals surface area contributed by atoms with Crippen LogP contribution >= 0.6 is 0 Å². The molecule has 5 heteroatoms. The van der Waals surface area contributed by atoms with Gasteiger partial charge in [-0.05, 0) is 41.8 Å². The highest BCUT2D eigenvalue weighted by molar-refractivity contribution is 5.43. The lowest BCUT2D eigenvalue weighted by Gasteiger charge is -2.12. The van der Waals surface area contributed by atoms with E-state index < -0.39 is 0 Å². The minimum Gasteiger partial charge on any atom is -0.493 e. The molecule has 0 radical (unpaired) electrons. The molecule has 0 unspecified atom stereocenters. The van der Waals surface area contributed by atoms with Gasteiger partial charge in [0.15, 0.2) is 11.5 Å². The molecule has 3 N–H and O–H groups in total. The number of benzene rings is 1. The molecule has 2 rings (SSSR count). The minimum absolute atomic E-state index is 0.430. The van der Waals surface area contributed by atoms with Gasteiger partial charge in [-0.25, -0.2) is 10.8 Å². The summed E-state index contributed by atoms with van der Waals surface area (Å²) in [7, 11) is 1.64. The van der Waals surface area contributed by atoms with E-state index >= 15 is 0 Å². The van der Waals surface area contributed by atoms with E-state index in [9.17, 15) is 0 Å². The monoisotopic (exact) mass is 273 g/mol. The molecule has 1 heterocycles. The quantitative estimate of drug-likeness (QED) is 0.625. The Hall–Kier alpha value is -2.27. The lowest BCUT2D eigenvalue weighted by molar-refractivity contribution is 0.284. The van der Waals surface area contributed by atoms with Crippen LogP contribution in [0.4, 0.5) is 5.82 Å². The van der Waals surface area contributed by atoms with Crippen LogP contribution in [-0.2, 0) is 13.0 Å². The Kier molecular flexibility index (Phi) is 4.79. The highest BCUT2D eigenvalue weighted by Crippen LogP contribution is 2.29. The first-order valence-corrected chi connectivity index (χ1v) is 6.48. The maximum Gasteiger partial charge on any atom is 0.161 e. The molecule has 5 nitrogen and oxygen atoms in total. The fraction of sp³-hybridized carbons (Fsp3) is 0.267. The third-order valence-corrected chi connectivity index (χ3v) is 3.00. The van der Waals surface area contributed by atoms with Crippen molar-refractivity contribution in [1.82, 2.24) is 4.98 Å². The van der Waals surface area contributed by atoms with Crippen molar-refractivity contribution in [2.45, 2.75) is 20.0 Å². The second kappa shape index (κ2) is 6.77. The summed E-state index contributed by atoms with van der Waals surface area (Å²) in [5, 5.41) is 0. The van der Waals surface area contributed by atoms with E-state index in [1.54, 1.807) is 13.3 Å². The van der Waals surface area contributed by atoms with Crippen molar-refractivity contribution in [1.29, 1.82) is 0 Å². The Morgan fingerprint density at radius 3 is 2.70 bits per heavy atom. The predicted octanol–water partition coefficient (Wildman–Crippen LogP) is 2.52. The molecule has 0 spiro atoms. The number of nitrogens with two attached hydrogens (primary N) is 1. The van der Waals surface area contributed by atoms with Crippen LogP contribution in [0.5, 0.6) is 11.5 Å². The van der Waals surface area contributed by atoms with E-state index in [0.717, 1.165) is 23.5 Å². The molecule has 1 aromatic heterocycles. The summed E-state index contributed by atoms with van der Waals surface area (Å²) in [6.45, 7) is 2.53. The molecule has 2 aromatic rings. The number of hydrazine groups is 1. The summed E-state index contributed by atoms with van der Waals surface area (Å²) in [5.41, 5.74) is 4.71. The van der Waals surface area contributed by atoms with Gasteiger partial charge < -0.3 is 14.9 Å². The normalized spacial score (nSPS) is 10.2. The molecular formula is C15H19N3O2. The van der Waals surface area contributed by atoms with Crippen LogP contribution in [0, 0.1) is 0 Å². The highest BCUT2D eigenvalue weighted by Gasteiger charge is 2.06. The number of hydrogen-bond donors (Lipinski definition) is 2. The van der Waals surface area contributed by atoms with Crippen LogP contribution in [0.15, 0.2) is 36.5 Å². The molecule has 0 saturated carbocycles. The molecule has 1 aromatic carbocycles. The van der Waals surface area contributed by atoms with Gasteiger partial charge in [-0.15, -0.1) is 0 Å². The maximum absolute atomic E-state index is 5.79. The fourth-order valence-corrected chi connectivity index (χ4v) is 1.86. The van der Waals surface area contributed by atoms with Gasteiger partial charge in [0.1, 0.15) is 12.4 Å². The van der Waals surface area contributed by atoms with E-state index in [0.29, 0.717) is 12.4 Å². The first-order chi connectivity index (χ1) is 9.76. The Bertz CT molecular complexity index is 573. The molecule has 106 valence electrons. The van der Waals surface area contributed by atoms with Crippen LogP contribution < -0.4 is 20.7 Å². The van der Waals surface area contributed by atoms with Gasteiger partial charge in [0, 0.05) is 6.20 Å². The van der Waals surface area contributed by atoms with Crippen molar-refractivity contribution >= 4 is 5.82 Å². The number of aryl methyl sites for hydroxylation is 1. The molecule has 20 heavy (non-hydrogen) atoms. The zero-order valence-electron chi connectivity index (χ0n) is 11.7. The van der Waals surface area contributed by atoms with E-state index in [-0.39, 0.29) is 0 Å². The number of methoxy groups -OCH3 is 1. The van der Waals surface area contributed by atoms with Crippen molar-refractivity contribution in [3.05, 3.63) is 47.7 Å². The minimum atomic E-state index is 0.430. The Labute approximate surface area is 118 Å². The van der Waals surface area contributed by atoms with Crippen LogP contribution in [0.25, 0.3) is 0 Å². The lowest BCUT2D eigenvalue weighted by atomic mass is 10.1. The largest absolute Gasteiger partial charge is 0.493 e. The third kappa shape index (κ3) is 3.39. The van der Waals surface area contributed by atoms with Crippen molar-refractivity contribution in [2.75, 3.05) is 12.5 Å². The number of nitrogens with zero attached hydrogens (tertiary/aromatic N) is 1. The van der Waals surface area contributed by atoms with Crippen molar-refractivity contribution in [2.24, 2.45) is 5.84 Å². The molecule has 0 aliphatic rings. The molecule has 0 atom stereocenters. The zero-order chi connectivity index (χ0) is 14.4. The van der Waals surface area contributed by atoms with Gasteiger partial charge >= 0.3 is 0 Å². The van der Waals surface area contributed by atoms with Crippen molar-refractivity contribution in [3.63, 3.8) is 0 Å². The summed E-state index contributed by atoms with van der Waals surface area (Å²) >= 11 is 0. The molecule has 0 amide bonds. The first kappa shape index (κ1) is 14.1. The standard InChI is InChI=1S/C15H19N3O2/c1-3-11-4-5-13(14(8-11)19-2)20-10-12-6-7-17-15(9-12)18-16/h4-9H,3,10,16H2,1-2H3,(H,17,18). The number of aromatic nitrogens is 1. The van der Waals surface area contributed by atoms with E-state index in [4.69, 9.17) is 15.3 Å². The summed E-state index contributed by atoms with van der Waals surface area (Å²) in [5.74, 6) is 7.41. The topological polar surface area (TPSA) is 69.4 Å². The van der Waals surface area contributed by atoms with Crippen LogP contribution in [0.2, 0.25) is 0 Å². The van der Waals surface area contributed by atoms with E-state index in [2.05, 4.69) is 17.3 Å². The van der Waals surface area contributed by atoms with E-state index in [1.165, 1.54) is 5.56 Å². The van der Waals surface area contributed by atoms with Gasteiger partial charge in [-0.3, -0.25) is 0 Å². The van der Waals surface area contributed by atoms with Gasteiger partial charge in [0.05, 0.1) is 7.11 Å². The second-order valence-corrected chi connectivity index (χ2v) is 4.32. The number of nitrogens with one attached hydrogen (secondary N) is 1. The Morgan fingerprint density at radius 2 is 2.00 bits per heavy atom. The molecule has 0 bridgehead atoms. The fourth-order valence-electron chi connectivity index (χ4n) is 1.86. The summed E-state index contributed by atoms with van der Waals surface area (Å²) in [6.07, 6.45) is 2.65. The average Bonchev–Trinajstić information content (AvgIpc) is 2.52.